The van der Waals surface area contributed by atoms with Crippen molar-refractivity contribution in [3.05, 3.63) is 31.9 Å². The van der Waals surface area contributed by atoms with Gasteiger partial charge in [0.2, 0.25) is 5.13 Å². The first kappa shape index (κ1) is 15.0. The molecule has 1 N–H and O–H groups in total. The van der Waals surface area contributed by atoms with Crippen molar-refractivity contribution in [2.75, 3.05) is 5.32 Å². The fraction of sp³-hybridized carbons (Fsp3) is 0.273. The van der Waals surface area contributed by atoms with E-state index in [1.54, 1.807) is 17.8 Å². The lowest BCUT2D eigenvalue weighted by Gasteiger charge is -2.01. The molecule has 3 heterocycles. The summed E-state index contributed by atoms with van der Waals surface area (Å²) in [5.74, 6) is -0.359. The minimum absolute atomic E-state index is 0.253. The van der Waals surface area contributed by atoms with E-state index in [2.05, 4.69) is 30.8 Å². The maximum Gasteiger partial charge on any atom is 0.279 e. The smallest absolute Gasteiger partial charge is 0.279 e. The summed E-state index contributed by atoms with van der Waals surface area (Å²) in [6, 6.07) is 0. The molecule has 0 aliphatic carbocycles. The number of rotatable bonds is 4. The Hall–Kier alpha value is -1.91. The van der Waals surface area contributed by atoms with Crippen LogP contribution in [-0.2, 0) is 6.54 Å². The lowest BCUT2D eigenvalue weighted by atomic mass is 10.3. The zero-order valence-corrected chi connectivity index (χ0v) is 14.0. The van der Waals surface area contributed by atoms with Crippen molar-refractivity contribution in [1.82, 2.24) is 30.2 Å². The quantitative estimate of drug-likeness (QED) is 0.770. The Labute approximate surface area is 138 Å². The number of anilines is 1. The Bertz CT molecular complexity index is 824. The molecule has 0 atom stereocenters. The number of hydrogen-bond acceptors (Lipinski definition) is 8. The van der Waals surface area contributed by atoms with Gasteiger partial charge in [-0.05, 0) is 13.8 Å². The number of nitrogens with zero attached hydrogens (tertiary/aromatic N) is 6. The molecular weight excluding hydrogens is 346 g/mol. The first-order valence-electron chi connectivity index (χ1n) is 6.14. The van der Waals surface area contributed by atoms with Gasteiger partial charge in [-0.15, -0.1) is 26.6 Å². The van der Waals surface area contributed by atoms with Crippen LogP contribution in [-0.4, -0.2) is 36.1 Å². The lowest BCUT2D eigenvalue weighted by Crippen LogP contribution is -2.14. The van der Waals surface area contributed by atoms with E-state index in [9.17, 15) is 4.79 Å². The molecule has 114 valence electrons. The molecule has 0 saturated heterocycles. The largest absolute Gasteiger partial charge is 0.295 e. The Morgan fingerprint density at radius 1 is 1.32 bits per heavy atom. The highest BCUT2D eigenvalue weighted by atomic mass is 35.5. The summed E-state index contributed by atoms with van der Waals surface area (Å²) >= 11 is 8.46. The van der Waals surface area contributed by atoms with Gasteiger partial charge in [-0.1, -0.05) is 28.2 Å². The van der Waals surface area contributed by atoms with Crippen LogP contribution in [0.25, 0.3) is 0 Å². The van der Waals surface area contributed by atoms with Gasteiger partial charge in [-0.3, -0.25) is 10.1 Å². The number of aryl methyl sites for hydroxylation is 1. The maximum absolute atomic E-state index is 12.2. The third kappa shape index (κ3) is 3.13. The van der Waals surface area contributed by atoms with E-state index in [0.29, 0.717) is 21.8 Å². The van der Waals surface area contributed by atoms with Gasteiger partial charge in [0, 0.05) is 11.1 Å². The summed E-state index contributed by atoms with van der Waals surface area (Å²) in [7, 11) is 0. The van der Waals surface area contributed by atoms with Gasteiger partial charge in [0.1, 0.15) is 5.01 Å². The first-order chi connectivity index (χ1) is 10.5. The normalized spacial score (nSPS) is 10.9. The summed E-state index contributed by atoms with van der Waals surface area (Å²) in [4.78, 5) is 17.1. The highest BCUT2D eigenvalue weighted by molar-refractivity contribution is 7.15. The molecule has 0 spiro atoms. The number of halogens is 1. The Morgan fingerprint density at radius 3 is 2.77 bits per heavy atom. The molecule has 3 rings (SSSR count). The van der Waals surface area contributed by atoms with Gasteiger partial charge in [-0.25, -0.2) is 9.67 Å². The van der Waals surface area contributed by atoms with Crippen LogP contribution in [0.2, 0.25) is 4.47 Å². The average molecular weight is 356 g/mol. The van der Waals surface area contributed by atoms with Gasteiger partial charge in [0.05, 0.1) is 12.2 Å². The zero-order chi connectivity index (χ0) is 15.7. The van der Waals surface area contributed by atoms with Crippen molar-refractivity contribution in [3.63, 3.8) is 0 Å². The fourth-order valence-electron chi connectivity index (χ4n) is 1.73. The van der Waals surface area contributed by atoms with Crippen molar-refractivity contribution >= 4 is 45.3 Å². The second-order valence-corrected chi connectivity index (χ2v) is 7.22. The van der Waals surface area contributed by atoms with Gasteiger partial charge in [0.15, 0.2) is 10.2 Å². The molecule has 0 bridgehead atoms. The second kappa shape index (κ2) is 6.07. The monoisotopic (exact) mass is 355 g/mol. The van der Waals surface area contributed by atoms with Gasteiger partial charge in [0.25, 0.3) is 5.91 Å². The van der Waals surface area contributed by atoms with Crippen molar-refractivity contribution in [2.45, 2.75) is 20.4 Å². The molecule has 8 nitrogen and oxygen atoms in total. The molecular formula is C11H10ClN7OS2. The van der Waals surface area contributed by atoms with E-state index >= 15 is 0 Å². The second-order valence-electron chi connectivity index (χ2n) is 4.34. The summed E-state index contributed by atoms with van der Waals surface area (Å²) < 4.78 is 2.10. The van der Waals surface area contributed by atoms with E-state index in [1.807, 2.05) is 6.92 Å². The lowest BCUT2D eigenvalue weighted by molar-refractivity contribution is 0.102. The predicted octanol–water partition coefficient (Wildman–Crippen LogP) is 2.16. The van der Waals surface area contributed by atoms with Crippen LogP contribution in [0.1, 0.15) is 26.1 Å². The molecule has 1 amide bonds. The first-order valence-corrected chi connectivity index (χ1v) is 8.16. The Morgan fingerprint density at radius 2 is 2.14 bits per heavy atom. The standard InChI is InChI=1S/C11H10ClN7OS2/c1-5-8(9(20)14-11-17-15-6(2)21-11)16-18-19(5)4-7-3-13-10(12)22-7/h3H,4H2,1-2H3,(H,14,17,20). The Kier molecular flexibility index (Phi) is 4.14. The topological polar surface area (TPSA) is 98.5 Å². The molecule has 0 aliphatic heterocycles. The molecule has 0 aromatic carbocycles. The highest BCUT2D eigenvalue weighted by Crippen LogP contribution is 2.20. The van der Waals surface area contributed by atoms with Crippen LogP contribution in [0.3, 0.4) is 0 Å². The van der Waals surface area contributed by atoms with Crippen molar-refractivity contribution in [3.8, 4) is 0 Å². The van der Waals surface area contributed by atoms with Gasteiger partial charge in [-0.2, -0.15) is 0 Å². The minimum atomic E-state index is -0.359. The average Bonchev–Trinajstić information content (AvgIpc) is 3.14. The molecule has 3 aromatic heterocycles. The fourth-order valence-corrected chi connectivity index (χ4v) is 3.27. The summed E-state index contributed by atoms with van der Waals surface area (Å²) in [5, 5.41) is 19.5. The summed E-state index contributed by atoms with van der Waals surface area (Å²) in [5.41, 5.74) is 0.909. The van der Waals surface area contributed by atoms with Gasteiger partial charge < -0.3 is 0 Å². The van der Waals surface area contributed by atoms with E-state index in [1.165, 1.54) is 22.7 Å². The van der Waals surface area contributed by atoms with Crippen LogP contribution >= 0.6 is 34.3 Å². The van der Waals surface area contributed by atoms with E-state index in [-0.39, 0.29) is 11.6 Å². The number of thiazole rings is 1. The number of aromatic nitrogens is 6. The van der Waals surface area contributed by atoms with Crippen LogP contribution in [0, 0.1) is 13.8 Å². The van der Waals surface area contributed by atoms with Crippen molar-refractivity contribution in [1.29, 1.82) is 0 Å². The van der Waals surface area contributed by atoms with Crippen molar-refractivity contribution in [2.24, 2.45) is 0 Å². The Balaban J connectivity index is 1.76. The number of hydrogen-bond donors (Lipinski definition) is 1. The zero-order valence-electron chi connectivity index (χ0n) is 11.6. The molecule has 0 fully saturated rings. The molecule has 0 aliphatic rings. The third-order valence-corrected chi connectivity index (χ3v) is 4.63. The van der Waals surface area contributed by atoms with E-state index in [4.69, 9.17) is 11.6 Å². The summed E-state index contributed by atoms with van der Waals surface area (Å²) in [6.07, 6.45) is 1.68. The van der Waals surface area contributed by atoms with E-state index in [0.717, 1.165) is 9.88 Å². The van der Waals surface area contributed by atoms with Crippen molar-refractivity contribution < 1.29 is 4.79 Å². The van der Waals surface area contributed by atoms with Crippen LogP contribution in [0.15, 0.2) is 6.20 Å². The SMILES string of the molecule is Cc1nnc(NC(=O)c2nnn(Cc3cnc(Cl)s3)c2C)s1. The maximum atomic E-state index is 12.2. The number of carbonyl (C=O) groups is 1. The number of nitrogens with one attached hydrogen (secondary N) is 1. The summed E-state index contributed by atoms with van der Waals surface area (Å²) in [6.45, 7) is 4.06. The minimum Gasteiger partial charge on any atom is -0.295 e. The third-order valence-electron chi connectivity index (χ3n) is 2.78. The number of amides is 1. The van der Waals surface area contributed by atoms with Crippen LogP contribution in [0.4, 0.5) is 5.13 Å². The molecule has 22 heavy (non-hydrogen) atoms. The molecule has 0 unspecified atom stereocenters. The van der Waals surface area contributed by atoms with Crippen LogP contribution in [0.5, 0.6) is 0 Å². The van der Waals surface area contributed by atoms with Gasteiger partial charge >= 0.3 is 0 Å². The van der Waals surface area contributed by atoms with E-state index < -0.39 is 0 Å². The molecule has 0 radical (unpaired) electrons. The molecule has 3 aromatic rings. The molecule has 0 saturated carbocycles. The molecule has 11 heteroatoms. The number of carbonyl (C=O) groups excluding carboxylic acids is 1. The highest BCUT2D eigenvalue weighted by Gasteiger charge is 2.18. The predicted molar refractivity (Wildman–Crippen MR) is 83.6 cm³/mol. The van der Waals surface area contributed by atoms with Crippen LogP contribution < -0.4 is 5.32 Å².